The van der Waals surface area contributed by atoms with E-state index in [0.717, 1.165) is 12.8 Å². The number of benzene rings is 1. The molecule has 0 aromatic heterocycles. The Morgan fingerprint density at radius 2 is 1.52 bits per heavy atom. The fourth-order valence-corrected chi connectivity index (χ4v) is 6.73. The third kappa shape index (κ3) is 2.99. The molecule has 0 N–H and O–H groups in total. The number of ether oxygens (including phenoxy) is 1. The first-order valence-electron chi connectivity index (χ1n) is 7.60. The number of sulfone groups is 1. The van der Waals surface area contributed by atoms with E-state index in [9.17, 15) is 16.8 Å². The maximum atomic E-state index is 12.9. The van der Waals surface area contributed by atoms with E-state index in [1.807, 2.05) is 0 Å². The van der Waals surface area contributed by atoms with Crippen molar-refractivity contribution in [1.82, 2.24) is 4.31 Å². The molecule has 2 unspecified atom stereocenters. The van der Waals surface area contributed by atoms with Crippen molar-refractivity contribution < 1.29 is 21.6 Å². The fourth-order valence-electron chi connectivity index (χ4n) is 3.70. The summed E-state index contributed by atoms with van der Waals surface area (Å²) in [6, 6.07) is 5.88. The summed E-state index contributed by atoms with van der Waals surface area (Å²) < 4.78 is 56.1. The Kier molecular flexibility index (Phi) is 4.18. The van der Waals surface area contributed by atoms with E-state index in [0.29, 0.717) is 18.6 Å². The summed E-state index contributed by atoms with van der Waals surface area (Å²) in [6.07, 6.45) is 3.48. The van der Waals surface area contributed by atoms with E-state index < -0.39 is 25.1 Å². The van der Waals surface area contributed by atoms with Gasteiger partial charge in [-0.1, -0.05) is 0 Å². The minimum absolute atomic E-state index is 0.222. The fraction of sp³-hybridized carbons (Fsp3) is 0.600. The van der Waals surface area contributed by atoms with E-state index in [1.165, 1.54) is 29.8 Å². The molecular formula is C15H21NO5S2. The molecule has 128 valence electrons. The lowest BCUT2D eigenvalue weighted by Crippen LogP contribution is -2.49. The van der Waals surface area contributed by atoms with Gasteiger partial charge in [-0.15, -0.1) is 0 Å². The molecule has 2 fully saturated rings. The van der Waals surface area contributed by atoms with Crippen LogP contribution >= 0.6 is 0 Å². The summed E-state index contributed by atoms with van der Waals surface area (Å²) in [5.74, 6) is 0.600. The lowest BCUT2D eigenvalue weighted by molar-refractivity contribution is 0.249. The molecule has 2 bridgehead atoms. The molecule has 3 rings (SSSR count). The van der Waals surface area contributed by atoms with Gasteiger partial charge in [0.25, 0.3) is 0 Å². The Morgan fingerprint density at radius 3 is 1.96 bits per heavy atom. The van der Waals surface area contributed by atoms with Crippen molar-refractivity contribution in [3.63, 3.8) is 0 Å². The minimum atomic E-state index is -3.61. The van der Waals surface area contributed by atoms with Crippen LogP contribution < -0.4 is 4.74 Å². The van der Waals surface area contributed by atoms with E-state index in [2.05, 4.69) is 0 Å². The van der Waals surface area contributed by atoms with Gasteiger partial charge in [0.1, 0.15) is 15.6 Å². The molecule has 2 aliphatic heterocycles. The first kappa shape index (κ1) is 16.7. The molecule has 0 amide bonds. The van der Waals surface area contributed by atoms with Crippen LogP contribution in [-0.2, 0) is 19.9 Å². The molecular weight excluding hydrogens is 338 g/mol. The summed E-state index contributed by atoms with van der Waals surface area (Å²) in [4.78, 5) is 0.230. The van der Waals surface area contributed by atoms with E-state index in [4.69, 9.17) is 4.74 Å². The molecule has 0 radical (unpaired) electrons. The maximum Gasteiger partial charge on any atom is 0.243 e. The third-order valence-corrected chi connectivity index (χ3v) is 8.48. The highest BCUT2D eigenvalue weighted by atomic mass is 32.2. The van der Waals surface area contributed by atoms with Crippen molar-refractivity contribution in [2.45, 2.75) is 47.9 Å². The Balaban J connectivity index is 1.90. The molecule has 0 spiro atoms. The minimum Gasteiger partial charge on any atom is -0.497 e. The van der Waals surface area contributed by atoms with Crippen molar-refractivity contribution >= 4 is 19.9 Å². The zero-order valence-electron chi connectivity index (χ0n) is 13.2. The topological polar surface area (TPSA) is 80.8 Å². The van der Waals surface area contributed by atoms with Gasteiger partial charge in [0.05, 0.1) is 17.3 Å². The van der Waals surface area contributed by atoms with Crippen molar-refractivity contribution in [2.75, 3.05) is 13.4 Å². The zero-order valence-corrected chi connectivity index (χ0v) is 14.8. The van der Waals surface area contributed by atoms with E-state index in [-0.39, 0.29) is 17.0 Å². The number of sulfonamides is 1. The first-order chi connectivity index (χ1) is 10.7. The molecule has 1 aromatic carbocycles. The average Bonchev–Trinajstić information content (AvgIpc) is 2.78. The maximum absolute atomic E-state index is 12.9. The summed E-state index contributed by atoms with van der Waals surface area (Å²) in [7, 11) is -5.21. The normalized spacial score (nSPS) is 28.7. The highest BCUT2D eigenvalue weighted by molar-refractivity contribution is 7.91. The quantitative estimate of drug-likeness (QED) is 0.812. The molecule has 2 atom stereocenters. The van der Waals surface area contributed by atoms with Crippen molar-refractivity contribution in [2.24, 2.45) is 0 Å². The van der Waals surface area contributed by atoms with Crippen LogP contribution in [-0.4, -0.2) is 51.8 Å². The standard InChI is InChI=1S/C15H21NO5S2/c1-21-13-5-7-14(8-6-13)23(19,20)16-11-3-4-12(16)10-15(9-11)22(2,17)18/h5-8,11-12,15H,3-4,9-10H2,1-2H3. The molecule has 23 heavy (non-hydrogen) atoms. The second kappa shape index (κ2) is 5.75. The molecule has 0 saturated carbocycles. The number of piperidine rings is 1. The van der Waals surface area contributed by atoms with Crippen LogP contribution in [0.4, 0.5) is 0 Å². The second-order valence-corrected chi connectivity index (χ2v) is 10.5. The van der Waals surface area contributed by atoms with Gasteiger partial charge < -0.3 is 4.74 Å². The number of rotatable bonds is 4. The van der Waals surface area contributed by atoms with Crippen LogP contribution in [0.3, 0.4) is 0 Å². The van der Waals surface area contributed by atoms with Gasteiger partial charge >= 0.3 is 0 Å². The van der Waals surface area contributed by atoms with Crippen LogP contribution in [0.5, 0.6) is 5.75 Å². The smallest absolute Gasteiger partial charge is 0.243 e. The third-order valence-electron chi connectivity index (χ3n) is 4.86. The van der Waals surface area contributed by atoms with Gasteiger partial charge in [-0.3, -0.25) is 0 Å². The zero-order chi connectivity index (χ0) is 16.8. The van der Waals surface area contributed by atoms with E-state index >= 15 is 0 Å². The number of fused-ring (bicyclic) bond motifs is 2. The number of hydrogen-bond acceptors (Lipinski definition) is 5. The average molecular weight is 359 g/mol. The largest absolute Gasteiger partial charge is 0.497 e. The lowest BCUT2D eigenvalue weighted by atomic mass is 10.1. The molecule has 2 aliphatic rings. The van der Waals surface area contributed by atoms with Gasteiger partial charge in [-0.25, -0.2) is 16.8 Å². The molecule has 6 nitrogen and oxygen atoms in total. The van der Waals surface area contributed by atoms with E-state index in [1.54, 1.807) is 12.1 Å². The van der Waals surface area contributed by atoms with Gasteiger partial charge in [0.15, 0.2) is 0 Å². The molecule has 8 heteroatoms. The Bertz CT molecular complexity index is 772. The van der Waals surface area contributed by atoms with Gasteiger partial charge in [-0.2, -0.15) is 4.31 Å². The van der Waals surface area contributed by atoms with Gasteiger partial charge in [0.2, 0.25) is 10.0 Å². The Labute approximate surface area is 137 Å². The molecule has 0 aliphatic carbocycles. The van der Waals surface area contributed by atoms with Crippen molar-refractivity contribution in [1.29, 1.82) is 0 Å². The highest BCUT2D eigenvalue weighted by Gasteiger charge is 2.49. The molecule has 2 saturated heterocycles. The van der Waals surface area contributed by atoms with Crippen LogP contribution in [0.15, 0.2) is 29.2 Å². The second-order valence-electron chi connectivity index (χ2n) is 6.32. The first-order valence-corrected chi connectivity index (χ1v) is 11.0. The van der Waals surface area contributed by atoms with Gasteiger partial charge in [0, 0.05) is 18.3 Å². The van der Waals surface area contributed by atoms with Crippen LogP contribution in [0.25, 0.3) is 0 Å². The van der Waals surface area contributed by atoms with Crippen LogP contribution in [0, 0.1) is 0 Å². The number of methoxy groups -OCH3 is 1. The van der Waals surface area contributed by atoms with Crippen LogP contribution in [0.1, 0.15) is 25.7 Å². The Hall–Kier alpha value is -1.12. The summed E-state index contributed by atoms with van der Waals surface area (Å²) in [5.41, 5.74) is 0. The predicted molar refractivity (Wildman–Crippen MR) is 86.7 cm³/mol. The summed E-state index contributed by atoms with van der Waals surface area (Å²) in [5, 5.41) is -0.428. The molecule has 1 aromatic rings. The monoisotopic (exact) mass is 359 g/mol. The van der Waals surface area contributed by atoms with Crippen LogP contribution in [0.2, 0.25) is 0 Å². The number of nitrogens with zero attached hydrogens (tertiary/aromatic N) is 1. The summed E-state index contributed by atoms with van der Waals surface area (Å²) >= 11 is 0. The SMILES string of the molecule is COc1ccc(S(=O)(=O)N2C3CCC2CC(S(C)(=O)=O)C3)cc1. The highest BCUT2D eigenvalue weighted by Crippen LogP contribution is 2.41. The Morgan fingerprint density at radius 1 is 1.00 bits per heavy atom. The predicted octanol–water partition coefficient (Wildman–Crippen LogP) is 1.42. The van der Waals surface area contributed by atoms with Gasteiger partial charge in [-0.05, 0) is 49.9 Å². The van der Waals surface area contributed by atoms with Crippen molar-refractivity contribution in [3.05, 3.63) is 24.3 Å². The summed E-state index contributed by atoms with van der Waals surface area (Å²) in [6.45, 7) is 0. The molecule has 2 heterocycles. The number of hydrogen-bond donors (Lipinski definition) is 0. The lowest BCUT2D eigenvalue weighted by Gasteiger charge is -2.37. The van der Waals surface area contributed by atoms with Crippen molar-refractivity contribution in [3.8, 4) is 5.75 Å².